The quantitative estimate of drug-likeness (QED) is 0.0163. The number of carbonyl (C=O) groups is 1. The lowest BCUT2D eigenvalue weighted by atomic mass is 9.83. The number of aromatic hydroxyl groups is 2. The summed E-state index contributed by atoms with van der Waals surface area (Å²) in [7, 11) is -6.76. The number of halogens is 2. The summed E-state index contributed by atoms with van der Waals surface area (Å²) in [6.07, 6.45) is 0. The zero-order valence-electron chi connectivity index (χ0n) is 34.9. The van der Waals surface area contributed by atoms with E-state index in [0.717, 1.165) is 41.1 Å². The van der Waals surface area contributed by atoms with E-state index in [2.05, 4.69) is 5.04 Å². The number of carbonyl (C=O) groups excluding carboxylic acids is 1. The van der Waals surface area contributed by atoms with Gasteiger partial charge in [0.25, 0.3) is 10.1 Å². The van der Waals surface area contributed by atoms with Crippen LogP contribution in [0.2, 0.25) is 0 Å². The molecule has 0 spiro atoms. The van der Waals surface area contributed by atoms with Crippen LogP contribution in [0.1, 0.15) is 38.8 Å². The molecule has 0 saturated heterocycles. The summed E-state index contributed by atoms with van der Waals surface area (Å²) in [5.41, 5.74) is 0.519. The van der Waals surface area contributed by atoms with Crippen LogP contribution >= 0.6 is 46.5 Å². The molecule has 346 valence electrons. The van der Waals surface area contributed by atoms with Gasteiger partial charge >= 0.3 is 27.3 Å². The third-order valence-electron chi connectivity index (χ3n) is 12.0. The highest BCUT2D eigenvalue weighted by Gasteiger charge is 2.43. The van der Waals surface area contributed by atoms with Crippen molar-refractivity contribution in [3.63, 3.8) is 0 Å². The molecule has 25 heteroatoms. The van der Waals surface area contributed by atoms with Crippen molar-refractivity contribution in [3.8, 4) is 43.8 Å². The van der Waals surface area contributed by atoms with Crippen molar-refractivity contribution in [1.29, 1.82) is 0 Å². The van der Waals surface area contributed by atoms with E-state index in [-0.39, 0.29) is 31.7 Å². The van der Waals surface area contributed by atoms with Gasteiger partial charge in [0.05, 0.1) is 67.4 Å². The van der Waals surface area contributed by atoms with E-state index < -0.39 is 81.8 Å². The predicted molar refractivity (Wildman–Crippen MR) is 243 cm³/mol. The topological polar surface area (TPSA) is 237 Å². The van der Waals surface area contributed by atoms with Crippen LogP contribution in [0.5, 0.6) is 11.8 Å². The maximum Gasteiger partial charge on any atom is 0.363 e. The molecule has 7 aromatic rings. The largest absolute Gasteiger partial charge is 0.492 e. The number of hydrogen-bond acceptors (Lipinski definition) is 17. The van der Waals surface area contributed by atoms with Gasteiger partial charge in [-0.3, -0.25) is 9.11 Å². The van der Waals surface area contributed by atoms with E-state index in [1.807, 2.05) is 50.6 Å². The Labute approximate surface area is 389 Å². The highest BCUT2D eigenvalue weighted by molar-refractivity contribution is 8.00. The van der Waals surface area contributed by atoms with Crippen molar-refractivity contribution >= 4 is 106 Å². The van der Waals surface area contributed by atoms with Crippen molar-refractivity contribution in [2.75, 3.05) is 29.6 Å². The molecule has 17 nitrogen and oxygen atoms in total. The molecule has 0 saturated carbocycles. The second kappa shape index (κ2) is 15.8. The molecule has 0 amide bonds. The number of nitrogens with zero attached hydrogens (tertiary/aromatic N) is 3. The molecular weight excluding hydrogens is 989 g/mol. The Balaban J connectivity index is 1.37. The predicted octanol–water partition coefficient (Wildman–Crippen LogP) is 9.52. The number of fused-ring (bicyclic) bond motifs is 8. The summed E-state index contributed by atoms with van der Waals surface area (Å²) in [5, 5.41) is 32.6. The van der Waals surface area contributed by atoms with Crippen molar-refractivity contribution in [1.82, 2.24) is 4.73 Å². The Morgan fingerprint density at radius 2 is 1.33 bits per heavy atom. The maximum atomic E-state index is 17.7. The van der Waals surface area contributed by atoms with Gasteiger partial charge < -0.3 is 24.9 Å². The van der Waals surface area contributed by atoms with Crippen LogP contribution in [-0.4, -0.2) is 72.0 Å². The highest BCUT2D eigenvalue weighted by Crippen LogP contribution is 2.57. The van der Waals surface area contributed by atoms with Crippen molar-refractivity contribution < 1.29 is 73.6 Å². The van der Waals surface area contributed by atoms with E-state index in [9.17, 15) is 40.9 Å². The first-order chi connectivity index (χ1) is 30.8. The zero-order valence-corrected chi connectivity index (χ0v) is 39.8. The fourth-order valence-electron chi connectivity index (χ4n) is 8.30. The molecule has 0 radical (unpaired) electrons. The van der Waals surface area contributed by atoms with Gasteiger partial charge in [0.15, 0.2) is 0 Å². The van der Waals surface area contributed by atoms with Crippen molar-refractivity contribution in [2.24, 2.45) is 0 Å². The standard InChI is InChI=1S/C41H33F2N3O14S6/c1-40(2)21-11-32(64-60-59-50)62-37(21)17-9-19-26(14-24(17)44(40)5)57-27-15-25-18(38-22(41(3,4)45(25)6)12-33(63-38)65(51,52)53)10-20(27)34(19)35-36(43)28(13-23(42)39(35)66(54,55)56)61-16-31(49)58-46-29(47)7-8-30(46)48/h7-15H,16H2,1-6H3,(H4-,47,48,50,51,52,53,54,55,56)/p+1. The van der Waals surface area contributed by atoms with Gasteiger partial charge in [0.2, 0.25) is 11.8 Å². The van der Waals surface area contributed by atoms with Crippen LogP contribution in [0, 0.1) is 11.6 Å². The Morgan fingerprint density at radius 3 is 1.86 bits per heavy atom. The molecule has 2 aliphatic heterocycles. The smallest absolute Gasteiger partial charge is 0.363 e. The molecule has 5 N–H and O–H groups in total. The van der Waals surface area contributed by atoms with E-state index >= 15 is 8.78 Å². The van der Waals surface area contributed by atoms with E-state index in [1.54, 1.807) is 25.2 Å². The number of benzene rings is 3. The first kappa shape index (κ1) is 46.1. The minimum Gasteiger partial charge on any atom is -0.492 e. The Hall–Kier alpha value is -5.06. The third kappa shape index (κ3) is 7.27. The molecule has 0 aliphatic carbocycles. The Bertz CT molecular complexity index is 3460. The van der Waals surface area contributed by atoms with Crippen LogP contribution in [0.15, 0.2) is 77.2 Å². The third-order valence-corrected chi connectivity index (χ3v) is 18.2. The highest BCUT2D eigenvalue weighted by atomic mass is 32.3. The summed E-state index contributed by atoms with van der Waals surface area (Å²) in [6.45, 7) is 7.58. The average Bonchev–Trinajstić information content (AvgIpc) is 3.98. The molecule has 0 unspecified atom stereocenters. The monoisotopic (exact) mass is 1020 g/mol. The second-order valence-corrected chi connectivity index (χ2v) is 23.3. The number of hydrogen-bond donors (Lipinski definition) is 5. The number of rotatable bonds is 10. The van der Waals surface area contributed by atoms with Crippen LogP contribution in [0.3, 0.4) is 0 Å². The molecule has 3 aromatic carbocycles. The van der Waals surface area contributed by atoms with Gasteiger partial charge in [0.1, 0.15) is 20.7 Å². The van der Waals surface area contributed by atoms with Gasteiger partial charge in [-0.1, -0.05) is 5.04 Å². The van der Waals surface area contributed by atoms with Gasteiger partial charge in [-0.2, -0.15) is 16.8 Å². The van der Waals surface area contributed by atoms with Gasteiger partial charge in [-0.25, -0.2) is 23.2 Å². The lowest BCUT2D eigenvalue weighted by Crippen LogP contribution is -2.41. The number of aromatic nitrogens is 1. The van der Waals surface area contributed by atoms with E-state index in [4.69, 9.17) is 18.8 Å². The lowest BCUT2D eigenvalue weighted by Gasteiger charge is -2.42. The number of thioether (sulfide) groups is 1. The first-order valence-corrected chi connectivity index (χ1v) is 25.3. The molecule has 0 bridgehead atoms. The SMILES string of the molecule is CN1c2cc3[o+]c4cc5c(cc4c(-c4c(F)c(SCC(=O)On6c(O)ccc6O)cc(F)c4S(=O)(=O)O)c3cc2-c2sc(SOOO)cc2C1(C)C)-c1sc(S(=O)(=O)O)cc1C(C)(C)N5C. The minimum atomic E-state index is -5.62. The summed E-state index contributed by atoms with van der Waals surface area (Å²) in [6, 6.07) is 12.1. The Kier molecular flexibility index (Phi) is 11.0. The fourth-order valence-corrected chi connectivity index (χ4v) is 13.6. The second-order valence-electron chi connectivity index (χ2n) is 16.2. The number of anilines is 2. The van der Waals surface area contributed by atoms with Gasteiger partial charge in [-0.15, -0.1) is 43.5 Å². The molecule has 9 rings (SSSR count). The van der Waals surface area contributed by atoms with Crippen LogP contribution in [0.4, 0.5) is 20.2 Å². The summed E-state index contributed by atoms with van der Waals surface area (Å²) >= 11 is 3.12. The fraction of sp³-hybridized carbons (Fsp3) is 0.220. The molecular formula is C41H34F2N3O14S6+. The number of thiophene rings is 2. The normalized spacial score (nSPS) is 15.2. The first-order valence-electron chi connectivity index (χ1n) is 19.1. The molecule has 0 fully saturated rings. The molecule has 0 atom stereocenters. The minimum absolute atomic E-state index is 0.0222. The van der Waals surface area contributed by atoms with Gasteiger partial charge in [0, 0.05) is 63.1 Å². The van der Waals surface area contributed by atoms with Crippen molar-refractivity contribution in [3.05, 3.63) is 77.4 Å². The van der Waals surface area contributed by atoms with Gasteiger partial charge in [-0.05, 0) is 69.2 Å². The summed E-state index contributed by atoms with van der Waals surface area (Å²) in [4.78, 5) is 20.7. The molecule has 66 heavy (non-hydrogen) atoms. The molecule has 6 heterocycles. The summed E-state index contributed by atoms with van der Waals surface area (Å²) in [5.74, 6) is -6.20. The van der Waals surface area contributed by atoms with Crippen LogP contribution in [0.25, 0.3) is 53.9 Å². The molecule has 4 aromatic heterocycles. The molecule has 2 aliphatic rings. The van der Waals surface area contributed by atoms with E-state index in [0.29, 0.717) is 64.6 Å². The maximum absolute atomic E-state index is 17.7. The average molecular weight is 1020 g/mol. The van der Waals surface area contributed by atoms with Crippen LogP contribution < -0.4 is 14.6 Å². The summed E-state index contributed by atoms with van der Waals surface area (Å²) < 4.78 is 119. The lowest BCUT2D eigenvalue weighted by molar-refractivity contribution is -0.432. The van der Waals surface area contributed by atoms with Crippen LogP contribution in [-0.2, 0) is 45.5 Å². The van der Waals surface area contributed by atoms with E-state index in [1.165, 1.54) is 23.5 Å². The Morgan fingerprint density at radius 1 is 0.788 bits per heavy atom. The zero-order chi connectivity index (χ0) is 47.7. The van der Waals surface area contributed by atoms with Crippen molar-refractivity contribution in [2.45, 2.75) is 57.0 Å².